The van der Waals surface area contributed by atoms with E-state index in [1.807, 2.05) is 0 Å². The molecule has 0 aliphatic rings. The number of para-hydroxylation sites is 1. The minimum absolute atomic E-state index is 0.0818. The Hall–Kier alpha value is -3.77. The molecule has 1 amide bonds. The van der Waals surface area contributed by atoms with Gasteiger partial charge in [-0.05, 0) is 60.7 Å². The maximum absolute atomic E-state index is 13.0. The second-order valence-electron chi connectivity index (χ2n) is 6.57. The van der Waals surface area contributed by atoms with Crippen LogP contribution in [0, 0.1) is 0 Å². The van der Waals surface area contributed by atoms with E-state index < -0.39 is 5.91 Å². The summed E-state index contributed by atoms with van der Waals surface area (Å²) in [5.41, 5.74) is 7.80. The highest BCUT2D eigenvalue weighted by atomic mass is 35.5. The van der Waals surface area contributed by atoms with Crippen molar-refractivity contribution in [1.29, 1.82) is 0 Å². The van der Waals surface area contributed by atoms with Crippen LogP contribution < -0.4 is 15.8 Å². The predicted molar refractivity (Wildman–Crippen MR) is 116 cm³/mol. The van der Waals surface area contributed by atoms with E-state index in [1.54, 1.807) is 73.8 Å². The molecule has 0 aliphatic heterocycles. The number of ether oxygens (including phenoxy) is 1. The number of fused-ring (bicyclic) bond motifs is 1. The number of carbonyl (C=O) groups is 2. The Balaban J connectivity index is 1.66. The third kappa shape index (κ3) is 3.73. The molecule has 150 valence electrons. The van der Waals surface area contributed by atoms with Gasteiger partial charge in [-0.25, -0.2) is 0 Å². The van der Waals surface area contributed by atoms with Crippen LogP contribution in [0.1, 0.15) is 26.5 Å². The number of hydrogen-bond donors (Lipinski definition) is 2. The van der Waals surface area contributed by atoms with Gasteiger partial charge in [0.1, 0.15) is 11.3 Å². The Morgan fingerprint density at radius 1 is 1.03 bits per heavy atom. The second kappa shape index (κ2) is 7.93. The van der Waals surface area contributed by atoms with Gasteiger partial charge >= 0.3 is 0 Å². The van der Waals surface area contributed by atoms with Crippen molar-refractivity contribution in [1.82, 2.24) is 0 Å². The maximum Gasteiger partial charge on any atom is 0.291 e. The standard InChI is InChI=1S/C23H17ClN2O4/c1-29-16-8-5-13(6-9-16)22(27)17-3-2-4-18(25)21(17)26-23(28)20-12-14-11-15(24)7-10-19(14)30-20/h2-12H,25H2,1H3,(H,26,28). The van der Waals surface area contributed by atoms with Gasteiger partial charge in [0.15, 0.2) is 11.5 Å². The van der Waals surface area contributed by atoms with E-state index in [-0.39, 0.29) is 28.5 Å². The van der Waals surface area contributed by atoms with Crippen molar-refractivity contribution >= 4 is 45.6 Å². The molecule has 6 nitrogen and oxygen atoms in total. The number of benzene rings is 3. The molecule has 1 aromatic heterocycles. The third-order valence-corrected chi connectivity index (χ3v) is 4.87. The molecule has 30 heavy (non-hydrogen) atoms. The van der Waals surface area contributed by atoms with Crippen LogP contribution in [0.15, 0.2) is 71.1 Å². The van der Waals surface area contributed by atoms with E-state index in [2.05, 4.69) is 5.32 Å². The number of halogens is 1. The molecular formula is C23H17ClN2O4. The highest BCUT2D eigenvalue weighted by Gasteiger charge is 2.20. The number of nitrogens with one attached hydrogen (secondary N) is 1. The smallest absolute Gasteiger partial charge is 0.291 e. The molecule has 0 saturated carbocycles. The summed E-state index contributed by atoms with van der Waals surface area (Å²) in [7, 11) is 1.55. The number of rotatable bonds is 5. The van der Waals surface area contributed by atoms with Crippen molar-refractivity contribution < 1.29 is 18.7 Å². The number of methoxy groups -OCH3 is 1. The lowest BCUT2D eigenvalue weighted by atomic mass is 10.0. The van der Waals surface area contributed by atoms with Crippen molar-refractivity contribution in [3.05, 3.63) is 88.6 Å². The number of hydrogen-bond acceptors (Lipinski definition) is 5. The van der Waals surface area contributed by atoms with E-state index in [1.165, 1.54) is 0 Å². The van der Waals surface area contributed by atoms with Gasteiger partial charge in [0.05, 0.1) is 18.5 Å². The first-order chi connectivity index (χ1) is 14.5. The van der Waals surface area contributed by atoms with Gasteiger partial charge in [0, 0.05) is 21.5 Å². The van der Waals surface area contributed by atoms with Crippen LogP contribution in [-0.4, -0.2) is 18.8 Å². The fourth-order valence-electron chi connectivity index (χ4n) is 3.10. The summed E-state index contributed by atoms with van der Waals surface area (Å²) < 4.78 is 10.7. The number of anilines is 2. The Kier molecular flexibility index (Phi) is 5.16. The zero-order chi connectivity index (χ0) is 21.3. The third-order valence-electron chi connectivity index (χ3n) is 4.63. The number of amides is 1. The fraction of sp³-hybridized carbons (Fsp3) is 0.0435. The topological polar surface area (TPSA) is 94.6 Å². The minimum atomic E-state index is -0.524. The van der Waals surface area contributed by atoms with Crippen LogP contribution in [0.4, 0.5) is 11.4 Å². The molecule has 0 saturated heterocycles. The lowest BCUT2D eigenvalue weighted by molar-refractivity contribution is 0.0998. The van der Waals surface area contributed by atoms with E-state index in [9.17, 15) is 9.59 Å². The summed E-state index contributed by atoms with van der Waals surface area (Å²) in [6, 6.07) is 18.2. The first kappa shape index (κ1) is 19.5. The summed E-state index contributed by atoms with van der Waals surface area (Å²) in [5.74, 6) is -0.0864. The number of furan rings is 1. The quantitative estimate of drug-likeness (QED) is 0.343. The molecule has 1 heterocycles. The highest BCUT2D eigenvalue weighted by Crippen LogP contribution is 2.29. The minimum Gasteiger partial charge on any atom is -0.497 e. The Morgan fingerprint density at radius 3 is 2.53 bits per heavy atom. The first-order valence-electron chi connectivity index (χ1n) is 9.04. The molecule has 4 aromatic rings. The number of nitrogen functional groups attached to an aromatic ring is 1. The van der Waals surface area contributed by atoms with Crippen molar-refractivity contribution in [3.8, 4) is 5.75 Å². The normalized spacial score (nSPS) is 10.7. The van der Waals surface area contributed by atoms with Crippen LogP contribution in [-0.2, 0) is 0 Å². The molecule has 0 aliphatic carbocycles. The van der Waals surface area contributed by atoms with Crippen LogP contribution in [0.25, 0.3) is 11.0 Å². The summed E-state index contributed by atoms with van der Waals surface area (Å²) >= 11 is 5.99. The van der Waals surface area contributed by atoms with Crippen molar-refractivity contribution in [2.45, 2.75) is 0 Å². The van der Waals surface area contributed by atoms with Crippen molar-refractivity contribution in [2.24, 2.45) is 0 Å². The Bertz CT molecular complexity index is 1260. The number of nitrogens with two attached hydrogens (primary N) is 1. The molecule has 0 spiro atoms. The average Bonchev–Trinajstić information content (AvgIpc) is 3.18. The van der Waals surface area contributed by atoms with E-state index in [4.69, 9.17) is 26.5 Å². The zero-order valence-electron chi connectivity index (χ0n) is 15.9. The van der Waals surface area contributed by atoms with Crippen LogP contribution >= 0.6 is 11.6 Å². The van der Waals surface area contributed by atoms with Crippen LogP contribution in [0.3, 0.4) is 0 Å². The van der Waals surface area contributed by atoms with Gasteiger partial charge in [0.2, 0.25) is 0 Å². The number of ketones is 1. The highest BCUT2D eigenvalue weighted by molar-refractivity contribution is 6.31. The maximum atomic E-state index is 13.0. The Labute approximate surface area is 177 Å². The zero-order valence-corrected chi connectivity index (χ0v) is 16.7. The molecule has 0 atom stereocenters. The van der Waals surface area contributed by atoms with E-state index in [0.717, 1.165) is 0 Å². The first-order valence-corrected chi connectivity index (χ1v) is 9.42. The van der Waals surface area contributed by atoms with Crippen molar-refractivity contribution in [2.75, 3.05) is 18.2 Å². The van der Waals surface area contributed by atoms with Gasteiger partial charge in [-0.3, -0.25) is 9.59 Å². The summed E-state index contributed by atoms with van der Waals surface area (Å²) in [6.45, 7) is 0. The molecule has 4 rings (SSSR count). The molecule has 0 unspecified atom stereocenters. The lowest BCUT2D eigenvalue weighted by Gasteiger charge is -2.12. The summed E-state index contributed by atoms with van der Waals surface area (Å²) in [5, 5.41) is 3.94. The van der Waals surface area contributed by atoms with Crippen LogP contribution in [0.5, 0.6) is 5.75 Å². The second-order valence-corrected chi connectivity index (χ2v) is 7.01. The molecule has 0 radical (unpaired) electrons. The Morgan fingerprint density at radius 2 is 1.80 bits per heavy atom. The van der Waals surface area contributed by atoms with E-state index >= 15 is 0 Å². The monoisotopic (exact) mass is 420 g/mol. The van der Waals surface area contributed by atoms with Gasteiger partial charge < -0.3 is 20.2 Å². The molecule has 3 aromatic carbocycles. The lowest BCUT2D eigenvalue weighted by Crippen LogP contribution is -2.16. The van der Waals surface area contributed by atoms with Gasteiger partial charge in [-0.2, -0.15) is 0 Å². The van der Waals surface area contributed by atoms with Gasteiger partial charge in [-0.15, -0.1) is 0 Å². The van der Waals surface area contributed by atoms with Gasteiger partial charge in [-0.1, -0.05) is 17.7 Å². The number of carbonyl (C=O) groups excluding carboxylic acids is 2. The predicted octanol–water partition coefficient (Wildman–Crippen LogP) is 5.16. The summed E-state index contributed by atoms with van der Waals surface area (Å²) in [6.07, 6.45) is 0. The van der Waals surface area contributed by atoms with E-state index in [0.29, 0.717) is 27.3 Å². The molecule has 7 heteroatoms. The molecule has 3 N–H and O–H groups in total. The molecule has 0 fully saturated rings. The van der Waals surface area contributed by atoms with Gasteiger partial charge in [0.25, 0.3) is 5.91 Å². The molecule has 0 bridgehead atoms. The molecular weight excluding hydrogens is 404 g/mol. The van der Waals surface area contributed by atoms with Crippen LogP contribution in [0.2, 0.25) is 5.02 Å². The average molecular weight is 421 g/mol. The summed E-state index contributed by atoms with van der Waals surface area (Å²) in [4.78, 5) is 25.8. The largest absolute Gasteiger partial charge is 0.497 e. The SMILES string of the molecule is COc1ccc(C(=O)c2cccc(N)c2NC(=O)c2cc3cc(Cl)ccc3o2)cc1. The van der Waals surface area contributed by atoms with Crippen molar-refractivity contribution in [3.63, 3.8) is 0 Å². The fourth-order valence-corrected chi connectivity index (χ4v) is 3.28.